The Labute approximate surface area is 119 Å². The fourth-order valence-electron chi connectivity index (χ4n) is 1.69. The Morgan fingerprint density at radius 3 is 2.42 bits per heavy atom. The number of hydrogen-bond acceptors (Lipinski definition) is 3. The highest BCUT2D eigenvalue weighted by Crippen LogP contribution is 2.27. The summed E-state index contributed by atoms with van der Waals surface area (Å²) in [6, 6.07) is 10.5. The third-order valence-corrected chi connectivity index (χ3v) is 5.31. The molecule has 0 amide bonds. The highest BCUT2D eigenvalue weighted by Gasteiger charge is 2.21. The third-order valence-electron chi connectivity index (χ3n) is 2.66. The predicted octanol–water partition coefficient (Wildman–Crippen LogP) is 3.14. The SMILES string of the molecule is Nc1cccc(F)c1CS(=O)(=O)c1ccccc1Br. The van der Waals surface area contributed by atoms with Crippen molar-refractivity contribution in [2.75, 3.05) is 5.73 Å². The molecule has 0 bridgehead atoms. The zero-order valence-corrected chi connectivity index (χ0v) is 12.2. The van der Waals surface area contributed by atoms with Crippen LogP contribution in [0, 0.1) is 5.82 Å². The number of hydrogen-bond donors (Lipinski definition) is 1. The van der Waals surface area contributed by atoms with Crippen molar-refractivity contribution < 1.29 is 12.8 Å². The summed E-state index contributed by atoms with van der Waals surface area (Å²) in [7, 11) is -3.66. The van der Waals surface area contributed by atoms with Crippen LogP contribution in [0.5, 0.6) is 0 Å². The Hall–Kier alpha value is -1.40. The Balaban J connectivity index is 2.46. The van der Waals surface area contributed by atoms with E-state index in [1.807, 2.05) is 0 Å². The van der Waals surface area contributed by atoms with Crippen molar-refractivity contribution in [2.45, 2.75) is 10.6 Å². The van der Waals surface area contributed by atoms with E-state index in [1.165, 1.54) is 24.3 Å². The van der Waals surface area contributed by atoms with Crippen LogP contribution in [-0.4, -0.2) is 8.42 Å². The summed E-state index contributed by atoms with van der Waals surface area (Å²) >= 11 is 3.18. The first-order valence-corrected chi connectivity index (χ1v) is 7.86. The maximum atomic E-state index is 13.6. The van der Waals surface area contributed by atoms with E-state index in [2.05, 4.69) is 15.9 Å². The molecule has 0 aliphatic rings. The molecule has 6 heteroatoms. The van der Waals surface area contributed by atoms with Gasteiger partial charge in [0.15, 0.2) is 9.84 Å². The van der Waals surface area contributed by atoms with Crippen LogP contribution in [0.3, 0.4) is 0 Å². The van der Waals surface area contributed by atoms with Gasteiger partial charge in [-0.05, 0) is 40.2 Å². The molecule has 100 valence electrons. The fraction of sp³-hybridized carbons (Fsp3) is 0.0769. The van der Waals surface area contributed by atoms with E-state index in [0.717, 1.165) is 0 Å². The van der Waals surface area contributed by atoms with Gasteiger partial charge in [0.2, 0.25) is 0 Å². The van der Waals surface area contributed by atoms with Crippen LogP contribution in [0.4, 0.5) is 10.1 Å². The first-order chi connectivity index (χ1) is 8.92. The van der Waals surface area contributed by atoms with Gasteiger partial charge in [0, 0.05) is 15.7 Å². The quantitative estimate of drug-likeness (QED) is 0.871. The minimum Gasteiger partial charge on any atom is -0.398 e. The molecule has 0 aliphatic carbocycles. The second-order valence-corrected chi connectivity index (χ2v) is 6.81. The number of nitrogen functional groups attached to an aromatic ring is 1. The third kappa shape index (κ3) is 2.96. The molecule has 2 N–H and O–H groups in total. The zero-order valence-electron chi connectivity index (χ0n) is 9.81. The Morgan fingerprint density at radius 1 is 1.11 bits per heavy atom. The van der Waals surface area contributed by atoms with Crippen molar-refractivity contribution in [3.8, 4) is 0 Å². The standard InChI is InChI=1S/C13H11BrFNO2S/c14-10-4-1-2-7-13(10)19(17,18)8-9-11(15)5-3-6-12(9)16/h1-7H,8,16H2. The second kappa shape index (κ2) is 5.30. The van der Waals surface area contributed by atoms with Gasteiger partial charge in [0.05, 0.1) is 10.6 Å². The molecule has 0 atom stereocenters. The molecule has 0 radical (unpaired) electrons. The first-order valence-electron chi connectivity index (χ1n) is 5.42. The van der Waals surface area contributed by atoms with Crippen molar-refractivity contribution in [1.29, 1.82) is 0 Å². The highest BCUT2D eigenvalue weighted by molar-refractivity contribution is 9.10. The topological polar surface area (TPSA) is 60.2 Å². The molecule has 0 fully saturated rings. The Bertz CT molecular complexity index is 696. The summed E-state index contributed by atoms with van der Waals surface area (Å²) in [6.45, 7) is 0. The van der Waals surface area contributed by atoms with E-state index in [-0.39, 0.29) is 16.1 Å². The van der Waals surface area contributed by atoms with Gasteiger partial charge in [-0.25, -0.2) is 12.8 Å². The van der Waals surface area contributed by atoms with Crippen LogP contribution in [0.15, 0.2) is 51.8 Å². The van der Waals surface area contributed by atoms with E-state index >= 15 is 0 Å². The average Bonchev–Trinajstić information content (AvgIpc) is 2.34. The molecule has 0 spiro atoms. The van der Waals surface area contributed by atoms with Crippen LogP contribution in [0.25, 0.3) is 0 Å². The van der Waals surface area contributed by atoms with Crippen molar-refractivity contribution in [3.05, 3.63) is 58.3 Å². The average molecular weight is 344 g/mol. The van der Waals surface area contributed by atoms with E-state index in [4.69, 9.17) is 5.73 Å². The summed E-state index contributed by atoms with van der Waals surface area (Å²) in [5.41, 5.74) is 5.76. The number of benzene rings is 2. The lowest BCUT2D eigenvalue weighted by molar-refractivity contribution is 0.587. The predicted molar refractivity (Wildman–Crippen MR) is 75.8 cm³/mol. The van der Waals surface area contributed by atoms with E-state index in [0.29, 0.717) is 4.47 Å². The molecular weight excluding hydrogens is 333 g/mol. The number of halogens is 2. The van der Waals surface area contributed by atoms with Crippen LogP contribution >= 0.6 is 15.9 Å². The second-order valence-electron chi connectivity index (χ2n) is 4.00. The monoisotopic (exact) mass is 343 g/mol. The van der Waals surface area contributed by atoms with Crippen molar-refractivity contribution >= 4 is 31.5 Å². The zero-order chi connectivity index (χ0) is 14.0. The molecule has 19 heavy (non-hydrogen) atoms. The maximum Gasteiger partial charge on any atom is 0.183 e. The summed E-state index contributed by atoms with van der Waals surface area (Å²) in [5, 5.41) is 0. The Morgan fingerprint density at radius 2 is 1.79 bits per heavy atom. The molecular formula is C13H11BrFNO2S. The van der Waals surface area contributed by atoms with E-state index in [1.54, 1.807) is 18.2 Å². The van der Waals surface area contributed by atoms with Gasteiger partial charge in [-0.1, -0.05) is 18.2 Å². The Kier molecular flexibility index (Phi) is 3.91. The summed E-state index contributed by atoms with van der Waals surface area (Å²) < 4.78 is 38.6. The lowest BCUT2D eigenvalue weighted by atomic mass is 10.2. The minimum atomic E-state index is -3.66. The number of anilines is 1. The van der Waals surface area contributed by atoms with Crippen LogP contribution in [0.2, 0.25) is 0 Å². The van der Waals surface area contributed by atoms with Gasteiger partial charge in [-0.2, -0.15) is 0 Å². The lowest BCUT2D eigenvalue weighted by Crippen LogP contribution is -2.09. The maximum absolute atomic E-state index is 13.6. The van der Waals surface area contributed by atoms with E-state index < -0.39 is 21.4 Å². The van der Waals surface area contributed by atoms with Crippen molar-refractivity contribution in [1.82, 2.24) is 0 Å². The van der Waals surface area contributed by atoms with Crippen LogP contribution < -0.4 is 5.73 Å². The number of rotatable bonds is 3. The molecule has 0 aliphatic heterocycles. The van der Waals surface area contributed by atoms with Crippen LogP contribution in [-0.2, 0) is 15.6 Å². The summed E-state index contributed by atoms with van der Waals surface area (Å²) in [4.78, 5) is 0.123. The van der Waals surface area contributed by atoms with Gasteiger partial charge < -0.3 is 5.73 Å². The highest BCUT2D eigenvalue weighted by atomic mass is 79.9. The molecule has 2 aromatic carbocycles. The molecule has 0 heterocycles. The van der Waals surface area contributed by atoms with Gasteiger partial charge in [-0.3, -0.25) is 0 Å². The number of sulfone groups is 1. The van der Waals surface area contributed by atoms with Gasteiger partial charge in [-0.15, -0.1) is 0 Å². The molecule has 0 saturated heterocycles. The summed E-state index contributed by atoms with van der Waals surface area (Å²) in [6.07, 6.45) is 0. The lowest BCUT2D eigenvalue weighted by Gasteiger charge is -2.09. The van der Waals surface area contributed by atoms with Gasteiger partial charge in [0.25, 0.3) is 0 Å². The minimum absolute atomic E-state index is 0.00162. The molecule has 0 aromatic heterocycles. The molecule has 0 saturated carbocycles. The molecule has 0 unspecified atom stereocenters. The smallest absolute Gasteiger partial charge is 0.183 e. The normalized spacial score (nSPS) is 11.5. The fourth-order valence-corrected chi connectivity index (χ4v) is 4.21. The van der Waals surface area contributed by atoms with Crippen molar-refractivity contribution in [2.24, 2.45) is 0 Å². The molecule has 2 rings (SSSR count). The summed E-state index contributed by atoms with van der Waals surface area (Å²) in [5.74, 6) is -1.08. The molecule has 2 aromatic rings. The number of nitrogens with two attached hydrogens (primary N) is 1. The van der Waals surface area contributed by atoms with Gasteiger partial charge in [0.1, 0.15) is 5.82 Å². The van der Waals surface area contributed by atoms with Crippen LogP contribution in [0.1, 0.15) is 5.56 Å². The molecule has 3 nitrogen and oxygen atoms in total. The van der Waals surface area contributed by atoms with Gasteiger partial charge >= 0.3 is 0 Å². The largest absolute Gasteiger partial charge is 0.398 e. The first kappa shape index (κ1) is 14.0. The van der Waals surface area contributed by atoms with E-state index in [9.17, 15) is 12.8 Å². The van der Waals surface area contributed by atoms with Crippen molar-refractivity contribution in [3.63, 3.8) is 0 Å².